The number of ether oxygens (including phenoxy) is 1. The monoisotopic (exact) mass is 466 g/mol. The summed E-state index contributed by atoms with van der Waals surface area (Å²) in [5, 5.41) is 2.37. The lowest BCUT2D eigenvalue weighted by Crippen LogP contribution is -2.26. The van der Waals surface area contributed by atoms with E-state index in [1.807, 2.05) is 0 Å². The Bertz CT molecular complexity index is 1240. The van der Waals surface area contributed by atoms with Crippen LogP contribution in [0, 0.1) is 17.7 Å². The molecule has 0 saturated carbocycles. The Morgan fingerprint density at radius 3 is 2.77 bits per heavy atom. The average Bonchev–Trinajstić information content (AvgIpc) is 3.10. The second-order valence-electron chi connectivity index (χ2n) is 6.16. The number of benzene rings is 1. The van der Waals surface area contributed by atoms with E-state index >= 15 is 0 Å². The van der Waals surface area contributed by atoms with Crippen molar-refractivity contribution in [3.63, 3.8) is 0 Å². The van der Waals surface area contributed by atoms with Gasteiger partial charge in [0.25, 0.3) is 17.9 Å². The van der Waals surface area contributed by atoms with Crippen molar-refractivity contribution in [2.45, 2.75) is 13.0 Å². The molecule has 1 aromatic carbocycles. The molecule has 0 saturated heterocycles. The van der Waals surface area contributed by atoms with Crippen molar-refractivity contribution in [2.75, 3.05) is 12.4 Å². The fourth-order valence-corrected chi connectivity index (χ4v) is 3.64. The Morgan fingerprint density at radius 2 is 2.06 bits per heavy atom. The fourth-order valence-electron chi connectivity index (χ4n) is 2.55. The molecular formula is C21H14ClF3N2O3S. The van der Waals surface area contributed by atoms with Crippen LogP contribution in [0.25, 0.3) is 0 Å². The van der Waals surface area contributed by atoms with Gasteiger partial charge in [-0.25, -0.2) is 13.2 Å². The molecule has 0 bridgehead atoms. The van der Waals surface area contributed by atoms with E-state index in [9.17, 15) is 22.8 Å². The molecule has 0 aliphatic rings. The van der Waals surface area contributed by atoms with Crippen molar-refractivity contribution in [2.24, 2.45) is 0 Å². The van der Waals surface area contributed by atoms with Crippen LogP contribution in [0.2, 0.25) is 4.34 Å². The number of hydrogen-bond donors (Lipinski definition) is 1. The van der Waals surface area contributed by atoms with Crippen molar-refractivity contribution >= 4 is 34.5 Å². The Kier molecular flexibility index (Phi) is 7.05. The predicted octanol–water partition coefficient (Wildman–Crippen LogP) is 4.63. The first-order valence-electron chi connectivity index (χ1n) is 8.71. The van der Waals surface area contributed by atoms with Crippen molar-refractivity contribution in [1.29, 1.82) is 0 Å². The van der Waals surface area contributed by atoms with Crippen molar-refractivity contribution in [1.82, 2.24) is 4.57 Å². The maximum Gasteiger partial charge on any atom is 0.286 e. The molecule has 0 atom stereocenters. The standard InChI is InChI=1S/C21H14ClF3N2O3S/c1-30-15-4-2-3-12(7-15)5-6-13-8-17(31-19(13)22)20(28)26-14-9-16(23)21(29)27(10-14)11-18(24)25/h2-4,7-10,18H,11H2,1H3,(H,26,28). The molecule has 5 nitrogen and oxygen atoms in total. The molecule has 2 aromatic heterocycles. The fraction of sp³-hybridized carbons (Fsp3) is 0.143. The minimum Gasteiger partial charge on any atom is -0.497 e. The van der Waals surface area contributed by atoms with Crippen molar-refractivity contribution in [3.8, 4) is 17.6 Å². The summed E-state index contributed by atoms with van der Waals surface area (Å²) in [5.74, 6) is 4.53. The molecule has 0 aliphatic carbocycles. The minimum atomic E-state index is -2.86. The number of alkyl halides is 2. The summed E-state index contributed by atoms with van der Waals surface area (Å²) in [4.78, 5) is 24.3. The van der Waals surface area contributed by atoms with E-state index in [0.717, 1.165) is 23.6 Å². The second kappa shape index (κ2) is 9.73. The maximum absolute atomic E-state index is 13.8. The third-order valence-electron chi connectivity index (χ3n) is 3.96. The molecule has 31 heavy (non-hydrogen) atoms. The zero-order valence-corrected chi connectivity index (χ0v) is 17.5. The SMILES string of the molecule is COc1cccc(C#Cc2cc(C(=O)Nc3cc(F)c(=O)n(CC(F)F)c3)sc2Cl)c1. The number of pyridine rings is 1. The first kappa shape index (κ1) is 22.5. The highest BCUT2D eigenvalue weighted by molar-refractivity contribution is 7.18. The molecule has 0 spiro atoms. The quantitative estimate of drug-likeness (QED) is 0.558. The highest BCUT2D eigenvalue weighted by atomic mass is 35.5. The highest BCUT2D eigenvalue weighted by Gasteiger charge is 2.16. The molecule has 0 unspecified atom stereocenters. The maximum atomic E-state index is 13.8. The van der Waals surface area contributed by atoms with Gasteiger partial charge in [0.2, 0.25) is 0 Å². The van der Waals surface area contributed by atoms with Crippen LogP contribution in [0.15, 0.2) is 47.4 Å². The number of rotatable bonds is 5. The zero-order chi connectivity index (χ0) is 22.5. The normalized spacial score (nSPS) is 10.5. The van der Waals surface area contributed by atoms with Gasteiger partial charge in [-0.2, -0.15) is 0 Å². The molecule has 1 amide bonds. The molecule has 0 fully saturated rings. The summed E-state index contributed by atoms with van der Waals surface area (Å²) >= 11 is 7.12. The molecule has 3 rings (SSSR count). The van der Waals surface area contributed by atoms with Crippen LogP contribution in [0.1, 0.15) is 20.8 Å². The summed E-state index contributed by atoms with van der Waals surface area (Å²) in [7, 11) is 1.54. The first-order chi connectivity index (χ1) is 14.8. The number of halogens is 4. The molecule has 160 valence electrons. The van der Waals surface area contributed by atoms with Gasteiger partial charge in [-0.05, 0) is 24.3 Å². The molecule has 0 radical (unpaired) electrons. The topological polar surface area (TPSA) is 60.3 Å². The van der Waals surface area contributed by atoms with Gasteiger partial charge in [-0.15, -0.1) is 11.3 Å². The van der Waals surface area contributed by atoms with Crippen LogP contribution >= 0.6 is 22.9 Å². The number of amides is 1. The summed E-state index contributed by atoms with van der Waals surface area (Å²) in [5.41, 5.74) is -0.248. The second-order valence-corrected chi connectivity index (χ2v) is 7.81. The average molecular weight is 467 g/mol. The molecule has 0 aliphatic heterocycles. The van der Waals surface area contributed by atoms with E-state index in [1.165, 1.54) is 6.07 Å². The van der Waals surface area contributed by atoms with Gasteiger partial charge >= 0.3 is 0 Å². The number of anilines is 1. The van der Waals surface area contributed by atoms with E-state index in [4.69, 9.17) is 16.3 Å². The lowest BCUT2D eigenvalue weighted by molar-refractivity contribution is 0.103. The van der Waals surface area contributed by atoms with E-state index in [1.54, 1.807) is 31.4 Å². The Labute approximate surface area is 184 Å². The number of carbonyl (C=O) groups excluding carboxylic acids is 1. The third kappa shape index (κ3) is 5.69. The van der Waals surface area contributed by atoms with Gasteiger partial charge in [-0.3, -0.25) is 9.59 Å². The van der Waals surface area contributed by atoms with E-state index in [-0.39, 0.29) is 14.9 Å². The number of nitrogens with zero attached hydrogens (tertiary/aromatic N) is 1. The van der Waals surface area contributed by atoms with Gasteiger partial charge in [-0.1, -0.05) is 29.5 Å². The van der Waals surface area contributed by atoms with Crippen LogP contribution in [0.3, 0.4) is 0 Å². The number of hydrogen-bond acceptors (Lipinski definition) is 4. The summed E-state index contributed by atoms with van der Waals surface area (Å²) in [6.07, 6.45) is -1.90. The number of nitrogens with one attached hydrogen (secondary N) is 1. The molecule has 3 aromatic rings. The minimum absolute atomic E-state index is 0.142. The van der Waals surface area contributed by atoms with Crippen molar-refractivity contribution in [3.05, 3.63) is 79.1 Å². The lowest BCUT2D eigenvalue weighted by atomic mass is 10.2. The van der Waals surface area contributed by atoms with Gasteiger partial charge in [0.1, 0.15) is 10.1 Å². The van der Waals surface area contributed by atoms with E-state index in [2.05, 4.69) is 17.2 Å². The largest absolute Gasteiger partial charge is 0.497 e. The van der Waals surface area contributed by atoms with Crippen LogP contribution in [-0.4, -0.2) is 24.0 Å². The zero-order valence-electron chi connectivity index (χ0n) is 15.9. The van der Waals surface area contributed by atoms with Gasteiger partial charge in [0, 0.05) is 17.8 Å². The lowest BCUT2D eigenvalue weighted by Gasteiger charge is -2.09. The van der Waals surface area contributed by atoms with Crippen LogP contribution in [-0.2, 0) is 6.54 Å². The summed E-state index contributed by atoms with van der Waals surface area (Å²) in [6, 6.07) is 9.31. The third-order valence-corrected chi connectivity index (χ3v) is 5.31. The smallest absolute Gasteiger partial charge is 0.286 e. The Morgan fingerprint density at radius 1 is 1.29 bits per heavy atom. The number of carbonyl (C=O) groups is 1. The number of methoxy groups -OCH3 is 1. The molecule has 10 heteroatoms. The Hall–Kier alpha value is -3.22. The predicted molar refractivity (Wildman–Crippen MR) is 113 cm³/mol. The highest BCUT2D eigenvalue weighted by Crippen LogP contribution is 2.28. The van der Waals surface area contributed by atoms with Gasteiger partial charge < -0.3 is 14.6 Å². The summed E-state index contributed by atoms with van der Waals surface area (Å²) in [6.45, 7) is -0.992. The number of aromatic nitrogens is 1. The molecule has 2 heterocycles. The van der Waals surface area contributed by atoms with E-state index in [0.29, 0.717) is 21.4 Å². The molecule has 1 N–H and O–H groups in total. The molecular weight excluding hydrogens is 453 g/mol. The Balaban J connectivity index is 1.81. The van der Waals surface area contributed by atoms with Crippen molar-refractivity contribution < 1.29 is 22.7 Å². The van der Waals surface area contributed by atoms with Gasteiger partial charge in [0.05, 0.1) is 29.8 Å². The van der Waals surface area contributed by atoms with Crippen LogP contribution in [0.5, 0.6) is 5.75 Å². The van der Waals surface area contributed by atoms with Gasteiger partial charge in [0.15, 0.2) is 5.82 Å². The van der Waals surface area contributed by atoms with Crippen LogP contribution < -0.4 is 15.6 Å². The summed E-state index contributed by atoms with van der Waals surface area (Å²) < 4.78 is 44.8. The van der Waals surface area contributed by atoms with Crippen LogP contribution in [0.4, 0.5) is 18.9 Å². The first-order valence-corrected chi connectivity index (χ1v) is 9.91. The number of thiophene rings is 1. The van der Waals surface area contributed by atoms with E-state index < -0.39 is 30.3 Å².